The maximum atomic E-state index is 12.5. The van der Waals surface area contributed by atoms with Crippen LogP contribution in [-0.4, -0.2) is 50.9 Å². The summed E-state index contributed by atoms with van der Waals surface area (Å²) < 4.78 is 5.73. The number of aliphatic hydroxyl groups is 3. The Labute approximate surface area is 136 Å². The molecule has 0 aromatic carbocycles. The Kier molecular flexibility index (Phi) is 4.08. The van der Waals surface area contributed by atoms with Crippen LogP contribution in [-0.2, 0) is 9.53 Å². The van der Waals surface area contributed by atoms with Gasteiger partial charge in [0.15, 0.2) is 5.79 Å². The van der Waals surface area contributed by atoms with Gasteiger partial charge in [0.1, 0.15) is 11.1 Å². The lowest BCUT2D eigenvalue weighted by atomic mass is 9.57. The minimum absolute atomic E-state index is 0.0779. The summed E-state index contributed by atoms with van der Waals surface area (Å²) in [6.45, 7) is 3.24. The molecule has 1 aliphatic carbocycles. The number of aliphatic hydroxyl groups excluding tert-OH is 2. The summed E-state index contributed by atoms with van der Waals surface area (Å²) in [5.41, 5.74) is -2.08. The fourth-order valence-electron chi connectivity index (χ4n) is 4.83. The standard InChI is InChI=1S/C17H27NO5/c1-15-10-12(8-9-19)14(21)18-17(15,16(2,22)23-15)13(20)11-6-4-3-5-7-11/h4,6,11-13,19-20,22H,3,5,7-10H2,1-2H3,(H,18,21)/t11-,12-,13+,15+,16?,17?/m1/s1. The molecule has 6 nitrogen and oxygen atoms in total. The average Bonchev–Trinajstić information content (AvgIpc) is 2.50. The van der Waals surface area contributed by atoms with E-state index in [1.54, 1.807) is 0 Å². The van der Waals surface area contributed by atoms with E-state index in [0.29, 0.717) is 12.8 Å². The highest BCUT2D eigenvalue weighted by molar-refractivity contribution is 5.82. The number of ether oxygens (including phenoxy) is 1. The first-order valence-electron chi connectivity index (χ1n) is 8.47. The van der Waals surface area contributed by atoms with Gasteiger partial charge in [-0.2, -0.15) is 0 Å². The Bertz CT molecular complexity index is 519. The second-order valence-corrected chi connectivity index (χ2v) is 7.49. The molecule has 4 N–H and O–H groups in total. The topological polar surface area (TPSA) is 99.0 Å². The van der Waals surface area contributed by atoms with Gasteiger partial charge in [-0.15, -0.1) is 0 Å². The molecule has 0 bridgehead atoms. The molecule has 2 unspecified atom stereocenters. The second kappa shape index (κ2) is 5.55. The van der Waals surface area contributed by atoms with Crippen LogP contribution in [0.2, 0.25) is 0 Å². The van der Waals surface area contributed by atoms with Crippen molar-refractivity contribution in [2.45, 2.75) is 69.0 Å². The van der Waals surface area contributed by atoms with Crippen molar-refractivity contribution in [3.63, 3.8) is 0 Å². The third kappa shape index (κ3) is 2.27. The summed E-state index contributed by atoms with van der Waals surface area (Å²) in [5.74, 6) is -2.35. The van der Waals surface area contributed by atoms with Crippen molar-refractivity contribution in [3.05, 3.63) is 12.2 Å². The summed E-state index contributed by atoms with van der Waals surface area (Å²) in [5, 5.41) is 33.8. The Balaban J connectivity index is 1.94. The van der Waals surface area contributed by atoms with E-state index in [0.717, 1.165) is 19.3 Å². The van der Waals surface area contributed by atoms with E-state index in [4.69, 9.17) is 9.84 Å². The molecule has 23 heavy (non-hydrogen) atoms. The summed E-state index contributed by atoms with van der Waals surface area (Å²) >= 11 is 0. The van der Waals surface area contributed by atoms with E-state index < -0.39 is 23.0 Å². The lowest BCUT2D eigenvalue weighted by Crippen LogP contribution is -2.92. The Morgan fingerprint density at radius 3 is 2.78 bits per heavy atom. The average molecular weight is 325 g/mol. The Morgan fingerprint density at radius 2 is 2.22 bits per heavy atom. The van der Waals surface area contributed by atoms with Crippen LogP contribution in [0, 0.1) is 11.8 Å². The minimum atomic E-state index is -1.62. The van der Waals surface area contributed by atoms with Gasteiger partial charge in [0, 0.05) is 18.4 Å². The zero-order valence-corrected chi connectivity index (χ0v) is 13.8. The number of amides is 1. The van der Waals surface area contributed by atoms with Gasteiger partial charge < -0.3 is 25.4 Å². The van der Waals surface area contributed by atoms with Crippen LogP contribution in [0.15, 0.2) is 12.2 Å². The van der Waals surface area contributed by atoms with Crippen LogP contribution in [0.4, 0.5) is 0 Å². The number of rotatable bonds is 4. The molecule has 0 saturated carbocycles. The molecule has 2 saturated heterocycles. The summed E-state index contributed by atoms with van der Waals surface area (Å²) in [6.07, 6.45) is 6.61. The first-order chi connectivity index (χ1) is 10.8. The molecule has 0 aromatic rings. The van der Waals surface area contributed by atoms with E-state index in [9.17, 15) is 15.0 Å². The Morgan fingerprint density at radius 1 is 1.48 bits per heavy atom. The van der Waals surface area contributed by atoms with Gasteiger partial charge in [0.25, 0.3) is 0 Å². The fraction of sp³-hybridized carbons (Fsp3) is 0.824. The van der Waals surface area contributed by atoms with E-state index >= 15 is 0 Å². The number of carbonyl (C=O) groups is 1. The monoisotopic (exact) mass is 325 g/mol. The number of fused-ring (bicyclic) bond motifs is 1. The highest BCUT2D eigenvalue weighted by atomic mass is 16.7. The first-order valence-corrected chi connectivity index (χ1v) is 8.47. The third-order valence-corrected chi connectivity index (χ3v) is 5.94. The molecule has 3 rings (SSSR count). The molecular formula is C17H27NO5. The van der Waals surface area contributed by atoms with Gasteiger partial charge in [-0.1, -0.05) is 12.2 Å². The molecule has 6 heteroatoms. The van der Waals surface area contributed by atoms with E-state index in [1.807, 2.05) is 19.1 Å². The van der Waals surface area contributed by atoms with Crippen molar-refractivity contribution >= 4 is 5.91 Å². The number of nitrogens with one attached hydrogen (secondary N) is 1. The summed E-state index contributed by atoms with van der Waals surface area (Å²) in [4.78, 5) is 12.5. The number of hydrogen-bond acceptors (Lipinski definition) is 5. The van der Waals surface area contributed by atoms with Crippen molar-refractivity contribution < 1.29 is 24.9 Å². The highest BCUT2D eigenvalue weighted by Gasteiger charge is 2.78. The van der Waals surface area contributed by atoms with Gasteiger partial charge in [-0.25, -0.2) is 0 Å². The van der Waals surface area contributed by atoms with Gasteiger partial charge >= 0.3 is 0 Å². The number of piperidine rings is 1. The summed E-state index contributed by atoms with van der Waals surface area (Å²) in [6, 6.07) is 0. The van der Waals surface area contributed by atoms with Gasteiger partial charge in [0.05, 0.1) is 6.10 Å². The molecule has 2 fully saturated rings. The lowest BCUT2D eigenvalue weighted by Gasteiger charge is -2.70. The lowest BCUT2D eigenvalue weighted by molar-refractivity contribution is -0.440. The molecule has 0 spiro atoms. The fourth-order valence-corrected chi connectivity index (χ4v) is 4.83. The number of allylic oxidation sites excluding steroid dienone is 1. The predicted molar refractivity (Wildman–Crippen MR) is 83.3 cm³/mol. The van der Waals surface area contributed by atoms with Crippen molar-refractivity contribution in [2.75, 3.05) is 6.61 Å². The molecule has 0 radical (unpaired) electrons. The number of carbonyl (C=O) groups excluding carboxylic acids is 1. The molecule has 0 aromatic heterocycles. The van der Waals surface area contributed by atoms with Crippen molar-refractivity contribution in [1.82, 2.24) is 5.32 Å². The van der Waals surface area contributed by atoms with E-state index in [1.165, 1.54) is 6.92 Å². The molecule has 1 amide bonds. The molecule has 130 valence electrons. The van der Waals surface area contributed by atoms with Crippen LogP contribution in [0.5, 0.6) is 0 Å². The third-order valence-electron chi connectivity index (χ3n) is 5.94. The van der Waals surface area contributed by atoms with Crippen molar-refractivity contribution in [2.24, 2.45) is 11.8 Å². The number of hydrogen-bond donors (Lipinski definition) is 4. The Hall–Kier alpha value is -0.950. The van der Waals surface area contributed by atoms with Crippen LogP contribution in [0.1, 0.15) is 46.0 Å². The quantitative estimate of drug-likeness (QED) is 0.563. The van der Waals surface area contributed by atoms with Crippen molar-refractivity contribution in [1.29, 1.82) is 0 Å². The van der Waals surface area contributed by atoms with E-state index in [-0.39, 0.29) is 24.3 Å². The second-order valence-electron chi connectivity index (χ2n) is 7.49. The van der Waals surface area contributed by atoms with Gasteiger partial charge in [-0.3, -0.25) is 4.79 Å². The summed E-state index contributed by atoms with van der Waals surface area (Å²) in [7, 11) is 0. The van der Waals surface area contributed by atoms with Crippen LogP contribution in [0.3, 0.4) is 0 Å². The predicted octanol–water partition coefficient (Wildman–Crippen LogP) is 0.458. The minimum Gasteiger partial charge on any atom is -0.396 e. The highest BCUT2D eigenvalue weighted by Crippen LogP contribution is 2.57. The molecule has 2 heterocycles. The SMILES string of the molecule is CC1(O)O[C@@]2(C)C[C@@H](CCO)C(=O)NC12[C@@H](O)[C@@H]1C=CCCC1. The molecular weight excluding hydrogens is 298 g/mol. The first kappa shape index (κ1) is 16.9. The van der Waals surface area contributed by atoms with Crippen LogP contribution >= 0.6 is 0 Å². The van der Waals surface area contributed by atoms with Gasteiger partial charge in [0.2, 0.25) is 5.91 Å². The zero-order chi connectivity index (χ0) is 16.9. The smallest absolute Gasteiger partial charge is 0.224 e. The molecule has 6 atom stereocenters. The molecule has 2 aliphatic heterocycles. The van der Waals surface area contributed by atoms with Crippen LogP contribution in [0.25, 0.3) is 0 Å². The van der Waals surface area contributed by atoms with Gasteiger partial charge in [-0.05, 0) is 46.0 Å². The maximum Gasteiger partial charge on any atom is 0.224 e. The normalized spacial score (nSPS) is 47.4. The largest absolute Gasteiger partial charge is 0.396 e. The molecule has 3 aliphatic rings. The zero-order valence-electron chi connectivity index (χ0n) is 13.8. The van der Waals surface area contributed by atoms with Crippen molar-refractivity contribution in [3.8, 4) is 0 Å². The van der Waals surface area contributed by atoms with E-state index in [2.05, 4.69) is 5.32 Å². The maximum absolute atomic E-state index is 12.5. The van der Waals surface area contributed by atoms with Crippen LogP contribution < -0.4 is 5.32 Å².